The first-order valence-electron chi connectivity index (χ1n) is 6.52. The van der Waals surface area contributed by atoms with Gasteiger partial charge in [0.1, 0.15) is 21.7 Å². The minimum absolute atomic E-state index is 0.162. The van der Waals surface area contributed by atoms with E-state index in [1.54, 1.807) is 13.0 Å². The number of carbonyl (C=O) groups excluding carboxylic acids is 1. The summed E-state index contributed by atoms with van der Waals surface area (Å²) in [6.45, 7) is 1.78. The predicted molar refractivity (Wildman–Crippen MR) is 84.4 cm³/mol. The van der Waals surface area contributed by atoms with Crippen LogP contribution in [0, 0.1) is 21.7 Å². The Morgan fingerprint density at radius 3 is 2.83 bits per heavy atom. The van der Waals surface area contributed by atoms with Gasteiger partial charge in [0.05, 0.1) is 4.92 Å². The Balaban J connectivity index is 2.17. The fraction of sp³-hybridized carbons (Fsp3) is 0.0667. The van der Waals surface area contributed by atoms with Crippen molar-refractivity contribution in [2.24, 2.45) is 0 Å². The average molecular weight is 330 g/mol. The number of aryl methyl sites for hydroxylation is 1. The highest BCUT2D eigenvalue weighted by Gasteiger charge is 2.29. The number of benzene rings is 1. The summed E-state index contributed by atoms with van der Waals surface area (Å²) in [5.41, 5.74) is 1.46. The first-order chi connectivity index (χ1) is 10.9. The van der Waals surface area contributed by atoms with Gasteiger partial charge in [0.15, 0.2) is 0 Å². The molecule has 23 heavy (non-hydrogen) atoms. The lowest BCUT2D eigenvalue weighted by Gasteiger charge is -2.03. The highest BCUT2D eigenvalue weighted by molar-refractivity contribution is 7.71. The van der Waals surface area contributed by atoms with Crippen molar-refractivity contribution in [3.8, 4) is 5.75 Å². The van der Waals surface area contributed by atoms with Gasteiger partial charge in [0, 0.05) is 29.0 Å². The Hall–Kier alpha value is -3.00. The van der Waals surface area contributed by atoms with Crippen LogP contribution in [0.4, 0.5) is 5.69 Å². The lowest BCUT2D eigenvalue weighted by atomic mass is 10.1. The van der Waals surface area contributed by atoms with Gasteiger partial charge in [-0.3, -0.25) is 10.1 Å². The van der Waals surface area contributed by atoms with E-state index in [0.29, 0.717) is 5.56 Å². The first-order valence-corrected chi connectivity index (χ1v) is 6.93. The van der Waals surface area contributed by atoms with Crippen LogP contribution < -0.4 is 0 Å². The molecule has 0 aliphatic carbocycles. The minimum Gasteiger partial charge on any atom is -0.507 e. The second-order valence-corrected chi connectivity index (χ2v) is 5.38. The van der Waals surface area contributed by atoms with Crippen LogP contribution in [0.3, 0.4) is 0 Å². The molecule has 0 amide bonds. The molecule has 0 radical (unpaired) electrons. The van der Waals surface area contributed by atoms with Crippen LogP contribution in [0.25, 0.3) is 11.8 Å². The molecule has 0 saturated heterocycles. The van der Waals surface area contributed by atoms with Gasteiger partial charge in [-0.15, -0.1) is 0 Å². The van der Waals surface area contributed by atoms with Crippen molar-refractivity contribution in [2.75, 3.05) is 0 Å². The maximum Gasteiger partial charge on any atom is 0.347 e. The van der Waals surface area contributed by atoms with E-state index in [0.717, 1.165) is 5.69 Å². The average Bonchev–Trinajstić information content (AvgIpc) is 2.77. The summed E-state index contributed by atoms with van der Waals surface area (Å²) >= 11 is 5.12. The Morgan fingerprint density at radius 2 is 2.13 bits per heavy atom. The van der Waals surface area contributed by atoms with Crippen LogP contribution in [-0.2, 0) is 4.74 Å². The lowest BCUT2D eigenvalue weighted by Crippen LogP contribution is -1.97. The SMILES string of the molecule is Cc1cc2c(c(=S)[nH]1)C(=O)O/C2=C/c1cc([N+](=O)[O-])ccc1O. The van der Waals surface area contributed by atoms with Crippen molar-refractivity contribution in [3.63, 3.8) is 0 Å². The van der Waals surface area contributed by atoms with Gasteiger partial charge in [0.25, 0.3) is 5.69 Å². The van der Waals surface area contributed by atoms with Crippen molar-refractivity contribution in [1.82, 2.24) is 4.98 Å². The summed E-state index contributed by atoms with van der Waals surface area (Å²) in [4.78, 5) is 25.1. The summed E-state index contributed by atoms with van der Waals surface area (Å²) < 4.78 is 5.44. The van der Waals surface area contributed by atoms with Crippen LogP contribution in [0.2, 0.25) is 0 Å². The molecule has 0 spiro atoms. The Bertz CT molecular complexity index is 945. The number of ether oxygens (including phenoxy) is 1. The van der Waals surface area contributed by atoms with Crippen molar-refractivity contribution < 1.29 is 19.6 Å². The van der Waals surface area contributed by atoms with Gasteiger partial charge >= 0.3 is 5.97 Å². The van der Waals surface area contributed by atoms with Crippen molar-refractivity contribution in [3.05, 3.63) is 61.4 Å². The Labute approximate surface area is 135 Å². The molecule has 2 aromatic rings. The van der Waals surface area contributed by atoms with Crippen LogP contribution in [-0.4, -0.2) is 21.0 Å². The number of carbonyl (C=O) groups is 1. The molecular formula is C15H10N2O5S. The number of nitrogens with one attached hydrogen (secondary N) is 1. The van der Waals surface area contributed by atoms with E-state index < -0.39 is 10.9 Å². The number of hydrogen-bond acceptors (Lipinski definition) is 6. The highest BCUT2D eigenvalue weighted by Crippen LogP contribution is 2.34. The molecule has 116 valence electrons. The number of nitro benzene ring substituents is 1. The number of fused-ring (bicyclic) bond motifs is 1. The molecule has 0 bridgehead atoms. The van der Waals surface area contributed by atoms with Gasteiger partial charge in [-0.2, -0.15) is 0 Å². The molecule has 1 aliphatic heterocycles. The van der Waals surface area contributed by atoms with Gasteiger partial charge in [-0.25, -0.2) is 4.79 Å². The molecule has 0 atom stereocenters. The molecule has 2 N–H and O–H groups in total. The van der Waals surface area contributed by atoms with Crippen LogP contribution in [0.15, 0.2) is 24.3 Å². The summed E-state index contributed by atoms with van der Waals surface area (Å²) in [6.07, 6.45) is 1.38. The van der Waals surface area contributed by atoms with Crippen molar-refractivity contribution in [1.29, 1.82) is 0 Å². The second kappa shape index (κ2) is 5.33. The monoisotopic (exact) mass is 330 g/mol. The standard InChI is InChI=1S/C15H10N2O5S/c1-7-4-10-12(22-15(19)13(10)14(23)16-7)6-8-5-9(17(20)21)2-3-11(8)18/h2-6,18H,1H3,(H,16,23)/b12-6+. The maximum atomic E-state index is 11.9. The topological polar surface area (TPSA) is 105 Å². The van der Waals surface area contributed by atoms with E-state index in [2.05, 4.69) is 4.98 Å². The number of hydrogen-bond donors (Lipinski definition) is 2. The molecule has 0 unspecified atom stereocenters. The van der Waals surface area contributed by atoms with E-state index in [1.165, 1.54) is 24.3 Å². The Kier molecular flexibility index (Phi) is 3.45. The first kappa shape index (κ1) is 14.9. The molecule has 0 fully saturated rings. The zero-order chi connectivity index (χ0) is 16.7. The maximum absolute atomic E-state index is 11.9. The third-order valence-corrected chi connectivity index (χ3v) is 3.65. The number of aromatic hydroxyl groups is 1. The number of nitro groups is 1. The number of nitrogens with zero attached hydrogens (tertiary/aromatic N) is 1. The molecule has 8 heteroatoms. The number of pyridine rings is 1. The van der Waals surface area contributed by atoms with Gasteiger partial charge in [-0.05, 0) is 25.1 Å². The van der Waals surface area contributed by atoms with Crippen molar-refractivity contribution >= 4 is 35.7 Å². The van der Waals surface area contributed by atoms with Gasteiger partial charge in [0.2, 0.25) is 0 Å². The molecule has 3 rings (SSSR count). The van der Waals surface area contributed by atoms with Crippen LogP contribution in [0.5, 0.6) is 5.75 Å². The number of cyclic esters (lactones) is 1. The van der Waals surface area contributed by atoms with E-state index in [1.807, 2.05) is 0 Å². The van der Waals surface area contributed by atoms with E-state index >= 15 is 0 Å². The number of aromatic amines is 1. The largest absolute Gasteiger partial charge is 0.507 e. The van der Waals surface area contributed by atoms with Crippen LogP contribution in [0.1, 0.15) is 27.2 Å². The zero-order valence-corrected chi connectivity index (χ0v) is 12.6. The summed E-state index contributed by atoms with van der Waals surface area (Å²) in [7, 11) is 0. The quantitative estimate of drug-likeness (QED) is 0.379. The molecule has 2 heterocycles. The molecule has 0 saturated carbocycles. The second-order valence-electron chi connectivity index (χ2n) is 4.97. The number of H-pyrrole nitrogens is 1. The zero-order valence-electron chi connectivity index (χ0n) is 11.8. The number of rotatable bonds is 2. The summed E-state index contributed by atoms with van der Waals surface area (Å²) in [6, 6.07) is 5.29. The summed E-state index contributed by atoms with van der Waals surface area (Å²) in [5.74, 6) is -0.577. The number of non-ortho nitro benzene ring substituents is 1. The highest BCUT2D eigenvalue weighted by atomic mass is 32.1. The van der Waals surface area contributed by atoms with Gasteiger partial charge < -0.3 is 14.8 Å². The number of aromatic nitrogens is 1. The minimum atomic E-state index is -0.600. The fourth-order valence-electron chi connectivity index (χ4n) is 2.31. The number of esters is 1. The van der Waals surface area contributed by atoms with E-state index in [4.69, 9.17) is 17.0 Å². The predicted octanol–water partition coefficient (Wildman–Crippen LogP) is 3.33. The molecule has 1 aromatic carbocycles. The molecule has 7 nitrogen and oxygen atoms in total. The van der Waals surface area contributed by atoms with Crippen LogP contribution >= 0.6 is 12.2 Å². The van der Waals surface area contributed by atoms with Gasteiger partial charge in [-0.1, -0.05) is 12.2 Å². The molecule has 1 aromatic heterocycles. The third kappa shape index (κ3) is 2.59. The third-order valence-electron chi connectivity index (χ3n) is 3.35. The van der Waals surface area contributed by atoms with E-state index in [-0.39, 0.29) is 33.0 Å². The fourth-order valence-corrected chi connectivity index (χ4v) is 2.67. The smallest absolute Gasteiger partial charge is 0.347 e. The number of phenols is 1. The van der Waals surface area contributed by atoms with Crippen molar-refractivity contribution in [2.45, 2.75) is 6.92 Å². The lowest BCUT2D eigenvalue weighted by molar-refractivity contribution is -0.384. The number of phenolic OH excluding ortho intramolecular Hbond substituents is 1. The normalized spacial score (nSPS) is 14.7. The van der Waals surface area contributed by atoms with E-state index in [9.17, 15) is 20.0 Å². The Morgan fingerprint density at radius 1 is 1.39 bits per heavy atom. The molecule has 1 aliphatic rings. The summed E-state index contributed by atoms with van der Waals surface area (Å²) in [5, 5.41) is 20.7. The molecular weight excluding hydrogens is 320 g/mol.